The highest BCUT2D eigenvalue weighted by Gasteiger charge is 2.18. The molecule has 0 aromatic heterocycles. The van der Waals surface area contributed by atoms with Gasteiger partial charge >= 0.3 is 0 Å². The van der Waals surface area contributed by atoms with Gasteiger partial charge in [-0.3, -0.25) is 4.79 Å². The molecule has 0 unspecified atom stereocenters. The van der Waals surface area contributed by atoms with Gasteiger partial charge < -0.3 is 9.64 Å². The van der Waals surface area contributed by atoms with Crippen molar-refractivity contribution in [2.24, 2.45) is 5.92 Å². The molecule has 0 N–H and O–H groups in total. The van der Waals surface area contributed by atoms with Crippen molar-refractivity contribution in [3.8, 4) is 16.9 Å². The second kappa shape index (κ2) is 12.7. The number of likely N-dealkylation sites (tertiary alicyclic amines) is 1. The molecular weight excluding hydrogens is 382 g/mol. The SMILES string of the molecule is CCCCCCC1CCN(CCCOc2ccc(-c3ccc(C(C)=O)cc3)cc2)CC1. The molecule has 0 aliphatic carbocycles. The summed E-state index contributed by atoms with van der Waals surface area (Å²) in [4.78, 5) is 14.0. The fourth-order valence-corrected chi connectivity index (χ4v) is 4.48. The third kappa shape index (κ3) is 7.81. The number of piperidine rings is 1. The molecule has 0 bridgehead atoms. The third-order valence-corrected chi connectivity index (χ3v) is 6.54. The van der Waals surface area contributed by atoms with Gasteiger partial charge in [0, 0.05) is 12.1 Å². The Morgan fingerprint density at radius 1 is 0.903 bits per heavy atom. The maximum absolute atomic E-state index is 11.4. The number of hydrogen-bond donors (Lipinski definition) is 0. The minimum atomic E-state index is 0.0991. The summed E-state index contributed by atoms with van der Waals surface area (Å²) >= 11 is 0. The van der Waals surface area contributed by atoms with E-state index in [0.717, 1.165) is 47.9 Å². The number of nitrogens with zero attached hydrogens (tertiary/aromatic N) is 1. The Labute approximate surface area is 188 Å². The molecule has 0 radical (unpaired) electrons. The highest BCUT2D eigenvalue weighted by atomic mass is 16.5. The first-order chi connectivity index (χ1) is 15.2. The second-order valence-corrected chi connectivity index (χ2v) is 8.99. The molecule has 3 nitrogen and oxygen atoms in total. The summed E-state index contributed by atoms with van der Waals surface area (Å²) in [6.07, 6.45) is 10.8. The van der Waals surface area contributed by atoms with E-state index in [1.165, 1.54) is 58.0 Å². The molecule has 0 amide bonds. The number of ether oxygens (including phenoxy) is 1. The standard InChI is InChI=1S/C28H39NO2/c1-3-4-5-6-8-24-17-20-29(21-18-24)19-7-22-31-28-15-13-27(14-16-28)26-11-9-25(10-12-26)23(2)30/h9-16,24H,3-8,17-22H2,1-2H3. The van der Waals surface area contributed by atoms with Gasteiger partial charge in [0.15, 0.2) is 5.78 Å². The summed E-state index contributed by atoms with van der Waals surface area (Å²) in [5.41, 5.74) is 3.00. The molecular formula is C28H39NO2. The molecule has 1 aliphatic heterocycles. The van der Waals surface area contributed by atoms with E-state index in [1.54, 1.807) is 6.92 Å². The highest BCUT2D eigenvalue weighted by Crippen LogP contribution is 2.24. The molecule has 1 fully saturated rings. The average molecular weight is 422 g/mol. The van der Waals surface area contributed by atoms with E-state index in [-0.39, 0.29) is 5.78 Å². The summed E-state index contributed by atoms with van der Waals surface area (Å²) in [7, 11) is 0. The molecule has 1 heterocycles. The number of Topliss-reactive ketones (excluding diaryl/α,β-unsaturated/α-hetero) is 1. The fraction of sp³-hybridized carbons (Fsp3) is 0.536. The zero-order valence-electron chi connectivity index (χ0n) is 19.4. The Morgan fingerprint density at radius 2 is 1.55 bits per heavy atom. The van der Waals surface area contributed by atoms with E-state index >= 15 is 0 Å². The number of carbonyl (C=O) groups excluding carboxylic acids is 1. The second-order valence-electron chi connectivity index (χ2n) is 8.99. The van der Waals surface area contributed by atoms with E-state index in [1.807, 2.05) is 36.4 Å². The van der Waals surface area contributed by atoms with Gasteiger partial charge in [0.2, 0.25) is 0 Å². The van der Waals surface area contributed by atoms with Gasteiger partial charge in [0.25, 0.3) is 0 Å². The van der Waals surface area contributed by atoms with Gasteiger partial charge in [-0.05, 0) is 68.5 Å². The first-order valence-corrected chi connectivity index (χ1v) is 12.2. The Morgan fingerprint density at radius 3 is 2.16 bits per heavy atom. The lowest BCUT2D eigenvalue weighted by atomic mass is 9.91. The predicted octanol–water partition coefficient (Wildman–Crippen LogP) is 7.01. The van der Waals surface area contributed by atoms with Crippen LogP contribution in [0.2, 0.25) is 0 Å². The van der Waals surface area contributed by atoms with Crippen molar-refractivity contribution < 1.29 is 9.53 Å². The molecule has 2 aromatic rings. The van der Waals surface area contributed by atoms with Gasteiger partial charge in [0.1, 0.15) is 5.75 Å². The minimum absolute atomic E-state index is 0.0991. The van der Waals surface area contributed by atoms with Crippen LogP contribution in [0, 0.1) is 5.92 Å². The van der Waals surface area contributed by atoms with E-state index in [0.29, 0.717) is 0 Å². The van der Waals surface area contributed by atoms with Crippen molar-refractivity contribution in [1.82, 2.24) is 4.90 Å². The molecule has 1 aliphatic rings. The molecule has 0 atom stereocenters. The van der Waals surface area contributed by atoms with Gasteiger partial charge in [-0.25, -0.2) is 0 Å². The molecule has 3 rings (SSSR count). The van der Waals surface area contributed by atoms with Crippen LogP contribution in [0.15, 0.2) is 48.5 Å². The van der Waals surface area contributed by atoms with Crippen molar-refractivity contribution in [2.75, 3.05) is 26.2 Å². The van der Waals surface area contributed by atoms with Gasteiger partial charge in [-0.1, -0.05) is 75.4 Å². The van der Waals surface area contributed by atoms with Crippen LogP contribution in [0.4, 0.5) is 0 Å². The van der Waals surface area contributed by atoms with Crippen LogP contribution in [-0.4, -0.2) is 36.9 Å². The fourth-order valence-electron chi connectivity index (χ4n) is 4.48. The number of benzene rings is 2. The quantitative estimate of drug-likeness (QED) is 0.273. The van der Waals surface area contributed by atoms with E-state index in [4.69, 9.17) is 4.74 Å². The number of rotatable bonds is 12. The van der Waals surface area contributed by atoms with Crippen molar-refractivity contribution in [2.45, 2.75) is 65.2 Å². The third-order valence-electron chi connectivity index (χ3n) is 6.54. The van der Waals surface area contributed by atoms with Crippen LogP contribution in [0.3, 0.4) is 0 Å². The number of unbranched alkanes of at least 4 members (excludes halogenated alkanes) is 3. The maximum atomic E-state index is 11.4. The van der Waals surface area contributed by atoms with Crippen LogP contribution in [0.25, 0.3) is 11.1 Å². The Bertz CT molecular complexity index is 774. The summed E-state index contributed by atoms with van der Waals surface area (Å²) in [6.45, 7) is 8.31. The number of carbonyl (C=O) groups is 1. The minimum Gasteiger partial charge on any atom is -0.494 e. The van der Waals surface area contributed by atoms with Gasteiger partial charge in [0.05, 0.1) is 6.61 Å². The van der Waals surface area contributed by atoms with Crippen LogP contribution < -0.4 is 4.74 Å². The zero-order chi connectivity index (χ0) is 21.9. The maximum Gasteiger partial charge on any atom is 0.159 e. The molecule has 31 heavy (non-hydrogen) atoms. The molecule has 1 saturated heterocycles. The monoisotopic (exact) mass is 421 g/mol. The molecule has 0 saturated carbocycles. The van der Waals surface area contributed by atoms with Crippen molar-refractivity contribution in [3.63, 3.8) is 0 Å². The summed E-state index contributed by atoms with van der Waals surface area (Å²) in [6, 6.07) is 16.0. The number of ketones is 1. The summed E-state index contributed by atoms with van der Waals surface area (Å²) < 4.78 is 5.96. The predicted molar refractivity (Wildman–Crippen MR) is 130 cm³/mol. The average Bonchev–Trinajstić information content (AvgIpc) is 2.81. The molecule has 168 valence electrons. The normalized spacial score (nSPS) is 15.2. The van der Waals surface area contributed by atoms with Crippen LogP contribution in [0.1, 0.15) is 75.6 Å². The first kappa shape index (κ1) is 23.5. The van der Waals surface area contributed by atoms with Crippen molar-refractivity contribution in [1.29, 1.82) is 0 Å². The molecule has 3 heteroatoms. The topological polar surface area (TPSA) is 29.5 Å². The van der Waals surface area contributed by atoms with E-state index in [2.05, 4.69) is 24.0 Å². The van der Waals surface area contributed by atoms with Gasteiger partial charge in [-0.15, -0.1) is 0 Å². The highest BCUT2D eigenvalue weighted by molar-refractivity contribution is 5.94. The largest absolute Gasteiger partial charge is 0.494 e. The lowest BCUT2D eigenvalue weighted by Gasteiger charge is -2.32. The van der Waals surface area contributed by atoms with Crippen molar-refractivity contribution >= 4 is 5.78 Å². The Hall–Kier alpha value is -2.13. The lowest BCUT2D eigenvalue weighted by molar-refractivity contribution is 0.101. The number of hydrogen-bond acceptors (Lipinski definition) is 3. The van der Waals surface area contributed by atoms with Crippen LogP contribution in [0.5, 0.6) is 5.75 Å². The lowest BCUT2D eigenvalue weighted by Crippen LogP contribution is -2.34. The zero-order valence-corrected chi connectivity index (χ0v) is 19.4. The Kier molecular flexibility index (Phi) is 9.61. The summed E-state index contributed by atoms with van der Waals surface area (Å²) in [5.74, 6) is 1.98. The summed E-state index contributed by atoms with van der Waals surface area (Å²) in [5, 5.41) is 0. The van der Waals surface area contributed by atoms with Crippen LogP contribution in [-0.2, 0) is 0 Å². The van der Waals surface area contributed by atoms with E-state index in [9.17, 15) is 4.79 Å². The van der Waals surface area contributed by atoms with Crippen LogP contribution >= 0.6 is 0 Å². The smallest absolute Gasteiger partial charge is 0.159 e. The van der Waals surface area contributed by atoms with Crippen molar-refractivity contribution in [3.05, 3.63) is 54.1 Å². The molecule has 0 spiro atoms. The molecule has 2 aromatic carbocycles. The van der Waals surface area contributed by atoms with E-state index < -0.39 is 0 Å². The first-order valence-electron chi connectivity index (χ1n) is 12.2. The Balaban J connectivity index is 1.32. The van der Waals surface area contributed by atoms with Gasteiger partial charge in [-0.2, -0.15) is 0 Å².